The number of aliphatic hydroxyl groups is 2. The highest BCUT2D eigenvalue weighted by molar-refractivity contribution is 5.76. The van der Waals surface area contributed by atoms with Gasteiger partial charge in [-0.15, -0.1) is 0 Å². The number of nitrogens with two attached hydrogens (primary N) is 2. The standard InChI is InChI=1S/C15H24N4O6/c1-7(2)10(17)12(21)25-11-8(6-20)24-13(15(11,3)23)19-5-4-9(16)18-14(19)22/h4-5,7-8,10-11,13,20,23H,6,17H2,1-3H3,(H2,16,18,22)/t8-,10?,11?,13-,15?/m1/s1. The maximum Gasteiger partial charge on any atom is 0.351 e. The summed E-state index contributed by atoms with van der Waals surface area (Å²) < 4.78 is 11.9. The third-order valence-electron chi connectivity index (χ3n) is 4.23. The van der Waals surface area contributed by atoms with E-state index < -0.39 is 48.3 Å². The van der Waals surface area contributed by atoms with E-state index in [9.17, 15) is 19.8 Å². The van der Waals surface area contributed by atoms with Gasteiger partial charge >= 0.3 is 11.7 Å². The number of anilines is 1. The first-order valence-corrected chi connectivity index (χ1v) is 7.89. The Morgan fingerprint density at radius 3 is 2.72 bits per heavy atom. The minimum absolute atomic E-state index is 0.0171. The maximum atomic E-state index is 12.2. The number of esters is 1. The lowest BCUT2D eigenvalue weighted by Crippen LogP contribution is -2.51. The fourth-order valence-corrected chi connectivity index (χ4v) is 2.65. The van der Waals surface area contributed by atoms with Crippen LogP contribution in [0.2, 0.25) is 0 Å². The molecule has 1 aromatic rings. The van der Waals surface area contributed by atoms with Gasteiger partial charge in [-0.3, -0.25) is 9.36 Å². The largest absolute Gasteiger partial charge is 0.455 e. The number of aromatic nitrogens is 2. The van der Waals surface area contributed by atoms with Crippen LogP contribution in [-0.4, -0.2) is 56.2 Å². The summed E-state index contributed by atoms with van der Waals surface area (Å²) in [6, 6.07) is 0.470. The minimum Gasteiger partial charge on any atom is -0.455 e. The summed E-state index contributed by atoms with van der Waals surface area (Å²) in [4.78, 5) is 27.8. The second-order valence-electron chi connectivity index (χ2n) is 6.60. The van der Waals surface area contributed by atoms with Crippen molar-refractivity contribution in [2.75, 3.05) is 12.3 Å². The molecule has 10 heteroatoms. The molecule has 1 aromatic heterocycles. The number of ether oxygens (including phenoxy) is 2. The molecule has 0 bridgehead atoms. The lowest BCUT2D eigenvalue weighted by atomic mass is 9.95. The molecule has 1 aliphatic rings. The fourth-order valence-electron chi connectivity index (χ4n) is 2.65. The van der Waals surface area contributed by atoms with Crippen LogP contribution in [0.4, 0.5) is 5.82 Å². The van der Waals surface area contributed by atoms with Crippen LogP contribution < -0.4 is 17.2 Å². The molecule has 0 radical (unpaired) electrons. The summed E-state index contributed by atoms with van der Waals surface area (Å²) in [5, 5.41) is 20.4. The fraction of sp³-hybridized carbons (Fsp3) is 0.667. The molecule has 25 heavy (non-hydrogen) atoms. The monoisotopic (exact) mass is 356 g/mol. The van der Waals surface area contributed by atoms with Crippen molar-refractivity contribution in [1.29, 1.82) is 0 Å². The van der Waals surface area contributed by atoms with E-state index in [0.717, 1.165) is 4.57 Å². The predicted molar refractivity (Wildman–Crippen MR) is 87.2 cm³/mol. The van der Waals surface area contributed by atoms with Crippen LogP contribution >= 0.6 is 0 Å². The number of nitrogens with zero attached hydrogens (tertiary/aromatic N) is 2. The Kier molecular flexibility index (Phi) is 5.47. The second kappa shape index (κ2) is 7.08. The highest BCUT2D eigenvalue weighted by Gasteiger charge is 2.56. The quantitative estimate of drug-likeness (QED) is 0.453. The van der Waals surface area contributed by atoms with Gasteiger partial charge in [0.15, 0.2) is 12.3 Å². The number of hydrogen-bond acceptors (Lipinski definition) is 9. The lowest BCUT2D eigenvalue weighted by Gasteiger charge is -2.30. The van der Waals surface area contributed by atoms with Gasteiger partial charge in [0.05, 0.1) is 6.61 Å². The van der Waals surface area contributed by atoms with Crippen LogP contribution in [0.5, 0.6) is 0 Å². The van der Waals surface area contributed by atoms with Gasteiger partial charge in [0.1, 0.15) is 23.6 Å². The average Bonchev–Trinajstić information content (AvgIpc) is 2.77. The van der Waals surface area contributed by atoms with E-state index in [1.54, 1.807) is 13.8 Å². The second-order valence-corrected chi connectivity index (χ2v) is 6.60. The molecule has 0 amide bonds. The maximum absolute atomic E-state index is 12.2. The van der Waals surface area contributed by atoms with E-state index in [1.165, 1.54) is 19.2 Å². The van der Waals surface area contributed by atoms with Crippen molar-refractivity contribution in [3.63, 3.8) is 0 Å². The number of carbonyl (C=O) groups is 1. The van der Waals surface area contributed by atoms with Crippen molar-refractivity contribution in [2.24, 2.45) is 11.7 Å². The molecule has 10 nitrogen and oxygen atoms in total. The van der Waals surface area contributed by atoms with Crippen LogP contribution in [0.3, 0.4) is 0 Å². The summed E-state index contributed by atoms with van der Waals surface area (Å²) in [5.74, 6) is -0.888. The van der Waals surface area contributed by atoms with Crippen molar-refractivity contribution in [3.8, 4) is 0 Å². The first kappa shape index (κ1) is 19.3. The van der Waals surface area contributed by atoms with Crippen LogP contribution in [0.15, 0.2) is 17.1 Å². The summed E-state index contributed by atoms with van der Waals surface area (Å²) in [6.07, 6.45) is -2.17. The number of hydrogen-bond donors (Lipinski definition) is 4. The highest BCUT2D eigenvalue weighted by atomic mass is 16.6. The van der Waals surface area contributed by atoms with Gasteiger partial charge in [0.2, 0.25) is 0 Å². The smallest absolute Gasteiger partial charge is 0.351 e. The molecule has 1 fully saturated rings. The third kappa shape index (κ3) is 3.66. The number of carbonyl (C=O) groups excluding carboxylic acids is 1. The molecule has 0 spiro atoms. The zero-order chi connectivity index (χ0) is 18.9. The van der Waals surface area contributed by atoms with Gasteiger partial charge in [-0.25, -0.2) is 4.79 Å². The van der Waals surface area contributed by atoms with Crippen molar-refractivity contribution in [3.05, 3.63) is 22.7 Å². The van der Waals surface area contributed by atoms with Gasteiger partial charge < -0.3 is 31.2 Å². The van der Waals surface area contributed by atoms with Gasteiger partial charge in [0.25, 0.3) is 0 Å². The molecule has 2 heterocycles. The number of rotatable bonds is 5. The Morgan fingerprint density at radius 2 is 2.20 bits per heavy atom. The molecule has 6 N–H and O–H groups in total. The van der Waals surface area contributed by atoms with E-state index in [-0.39, 0.29) is 11.7 Å². The van der Waals surface area contributed by atoms with Crippen molar-refractivity contribution < 1.29 is 24.5 Å². The van der Waals surface area contributed by atoms with Crippen molar-refractivity contribution in [1.82, 2.24) is 9.55 Å². The molecule has 1 aliphatic heterocycles. The first-order chi connectivity index (χ1) is 11.6. The van der Waals surface area contributed by atoms with E-state index in [4.69, 9.17) is 20.9 Å². The Hall–Kier alpha value is -2.01. The van der Waals surface area contributed by atoms with Gasteiger partial charge in [-0.05, 0) is 18.9 Å². The molecule has 3 unspecified atom stereocenters. The zero-order valence-electron chi connectivity index (χ0n) is 14.3. The van der Waals surface area contributed by atoms with E-state index >= 15 is 0 Å². The molecular weight excluding hydrogens is 332 g/mol. The normalized spacial score (nSPS) is 30.4. The minimum atomic E-state index is -1.80. The third-order valence-corrected chi connectivity index (χ3v) is 4.23. The van der Waals surface area contributed by atoms with Crippen LogP contribution in [0.25, 0.3) is 0 Å². The first-order valence-electron chi connectivity index (χ1n) is 7.89. The van der Waals surface area contributed by atoms with Crippen molar-refractivity contribution >= 4 is 11.8 Å². The summed E-state index contributed by atoms with van der Waals surface area (Å²) in [7, 11) is 0. The predicted octanol–water partition coefficient (Wildman–Crippen LogP) is -1.64. The van der Waals surface area contributed by atoms with Gasteiger partial charge in [-0.2, -0.15) is 4.98 Å². The van der Waals surface area contributed by atoms with E-state index in [0.29, 0.717) is 0 Å². The molecule has 2 rings (SSSR count). The molecule has 0 aromatic carbocycles. The van der Waals surface area contributed by atoms with Crippen molar-refractivity contribution in [2.45, 2.75) is 50.8 Å². The summed E-state index contributed by atoms with van der Waals surface area (Å²) in [6.45, 7) is 4.32. The van der Waals surface area contributed by atoms with E-state index in [2.05, 4.69) is 4.98 Å². The molecule has 1 saturated heterocycles. The Labute approximate surface area is 144 Å². The van der Waals surface area contributed by atoms with Gasteiger partial charge in [0, 0.05) is 6.20 Å². The molecule has 140 valence electrons. The summed E-state index contributed by atoms with van der Waals surface area (Å²) in [5.41, 5.74) is 8.67. The van der Waals surface area contributed by atoms with E-state index in [1.807, 2.05) is 0 Å². The van der Waals surface area contributed by atoms with Crippen LogP contribution in [-0.2, 0) is 14.3 Å². The van der Waals surface area contributed by atoms with Crippen LogP contribution in [0, 0.1) is 5.92 Å². The molecule has 0 aliphatic carbocycles. The Bertz CT molecular complexity index is 689. The zero-order valence-corrected chi connectivity index (χ0v) is 14.3. The Morgan fingerprint density at radius 1 is 1.56 bits per heavy atom. The van der Waals surface area contributed by atoms with Gasteiger partial charge in [-0.1, -0.05) is 13.8 Å². The molecule has 0 saturated carbocycles. The average molecular weight is 356 g/mol. The number of aliphatic hydroxyl groups excluding tert-OH is 1. The molecular formula is C15H24N4O6. The Balaban J connectivity index is 2.32. The van der Waals surface area contributed by atoms with Crippen LogP contribution in [0.1, 0.15) is 27.0 Å². The topological polar surface area (TPSA) is 163 Å². The number of nitrogen functional groups attached to an aromatic ring is 1. The highest BCUT2D eigenvalue weighted by Crippen LogP contribution is 2.39. The summed E-state index contributed by atoms with van der Waals surface area (Å²) >= 11 is 0. The SMILES string of the molecule is CC(C)C(N)C(=O)OC1[C@@H](CO)O[C@@H](n2ccc(N)nc2=O)C1(C)O. The lowest BCUT2D eigenvalue weighted by molar-refractivity contribution is -0.166. The molecule has 5 atom stereocenters.